The fourth-order valence-corrected chi connectivity index (χ4v) is 2.00. The summed E-state index contributed by atoms with van der Waals surface area (Å²) in [4.78, 5) is 26.1. The molecule has 2 rings (SSSR count). The van der Waals surface area contributed by atoms with E-state index in [0.29, 0.717) is 19.6 Å². The Morgan fingerprint density at radius 3 is 2.44 bits per heavy atom. The van der Waals surface area contributed by atoms with Crippen molar-refractivity contribution < 1.29 is 14.7 Å². The fraction of sp³-hybridized carbons (Fsp3) is 0.385. The van der Waals surface area contributed by atoms with Crippen molar-refractivity contribution in [2.75, 3.05) is 24.5 Å². The molecule has 1 aromatic carbocycles. The zero-order chi connectivity index (χ0) is 13.1. The van der Waals surface area contributed by atoms with Crippen LogP contribution in [0.1, 0.15) is 6.92 Å². The third-order valence-corrected chi connectivity index (χ3v) is 3.12. The average Bonchev–Trinajstić information content (AvgIpc) is 2.29. The maximum atomic E-state index is 12.2. The van der Waals surface area contributed by atoms with Crippen LogP contribution in [0.25, 0.3) is 0 Å². The van der Waals surface area contributed by atoms with Gasteiger partial charge in [0.2, 0.25) is 0 Å². The molecule has 1 aliphatic heterocycles. The van der Waals surface area contributed by atoms with Gasteiger partial charge in [-0.2, -0.15) is 0 Å². The number of carbonyl (C=O) groups excluding carboxylic acids is 1. The van der Waals surface area contributed by atoms with Gasteiger partial charge in [0.05, 0.1) is 5.92 Å². The molecule has 5 heteroatoms. The molecule has 96 valence electrons. The van der Waals surface area contributed by atoms with Gasteiger partial charge in [-0.05, 0) is 19.1 Å². The largest absolute Gasteiger partial charge is 0.481 e. The quantitative estimate of drug-likeness (QED) is 0.884. The van der Waals surface area contributed by atoms with Crippen molar-refractivity contribution in [3.63, 3.8) is 0 Å². The Balaban J connectivity index is 2.02. The Bertz CT molecular complexity index is 441. The molecule has 5 nitrogen and oxygen atoms in total. The fourth-order valence-electron chi connectivity index (χ4n) is 2.00. The number of urea groups is 1. The summed E-state index contributed by atoms with van der Waals surface area (Å²) in [5.74, 6) is -1.25. The number of anilines is 1. The summed E-state index contributed by atoms with van der Waals surface area (Å²) in [7, 11) is 0. The molecule has 1 N–H and O–H groups in total. The van der Waals surface area contributed by atoms with E-state index in [9.17, 15) is 9.59 Å². The van der Waals surface area contributed by atoms with Gasteiger partial charge in [-0.3, -0.25) is 9.69 Å². The van der Waals surface area contributed by atoms with Crippen molar-refractivity contribution in [1.29, 1.82) is 0 Å². The zero-order valence-electron chi connectivity index (χ0n) is 10.2. The van der Waals surface area contributed by atoms with Crippen molar-refractivity contribution in [1.82, 2.24) is 4.90 Å². The van der Waals surface area contributed by atoms with Gasteiger partial charge in [0.1, 0.15) is 0 Å². The minimum absolute atomic E-state index is 0.124. The highest BCUT2D eigenvalue weighted by molar-refractivity contribution is 5.93. The predicted octanol–water partition coefficient (Wildman–Crippen LogP) is 1.65. The molecule has 0 bridgehead atoms. The van der Waals surface area contributed by atoms with Crippen molar-refractivity contribution >= 4 is 17.7 Å². The van der Waals surface area contributed by atoms with Gasteiger partial charge in [0.15, 0.2) is 0 Å². The van der Waals surface area contributed by atoms with Crippen LogP contribution in [-0.4, -0.2) is 41.6 Å². The monoisotopic (exact) mass is 248 g/mol. The number of nitrogens with zero attached hydrogens (tertiary/aromatic N) is 2. The molecular formula is C13H16N2O3. The smallest absolute Gasteiger partial charge is 0.324 e. The lowest BCUT2D eigenvalue weighted by Gasteiger charge is -2.39. The lowest BCUT2D eigenvalue weighted by molar-refractivity contribution is -0.146. The van der Waals surface area contributed by atoms with Crippen molar-refractivity contribution in [3.05, 3.63) is 30.3 Å². The Morgan fingerprint density at radius 1 is 1.33 bits per heavy atom. The summed E-state index contributed by atoms with van der Waals surface area (Å²) in [6, 6.07) is 9.27. The van der Waals surface area contributed by atoms with Crippen LogP contribution in [0, 0.1) is 5.92 Å². The normalized spacial score (nSPS) is 15.1. The number of benzene rings is 1. The second-order valence-electron chi connectivity index (χ2n) is 4.30. The molecule has 2 amide bonds. The number of hydrogen-bond donors (Lipinski definition) is 1. The summed E-state index contributed by atoms with van der Waals surface area (Å²) in [6.07, 6.45) is 0. The molecule has 1 saturated heterocycles. The van der Waals surface area contributed by atoms with E-state index in [1.807, 2.05) is 37.3 Å². The van der Waals surface area contributed by atoms with E-state index in [1.165, 1.54) is 0 Å². The van der Waals surface area contributed by atoms with Crippen LogP contribution in [-0.2, 0) is 4.79 Å². The highest BCUT2D eigenvalue weighted by Gasteiger charge is 2.37. The van der Waals surface area contributed by atoms with Crippen LogP contribution in [0.2, 0.25) is 0 Å². The number of likely N-dealkylation sites (tertiary alicyclic amines) is 1. The lowest BCUT2D eigenvalue weighted by Crippen LogP contribution is -2.57. The van der Waals surface area contributed by atoms with Crippen molar-refractivity contribution in [2.45, 2.75) is 6.92 Å². The van der Waals surface area contributed by atoms with Gasteiger partial charge in [-0.25, -0.2) is 4.79 Å². The molecule has 0 spiro atoms. The van der Waals surface area contributed by atoms with E-state index in [2.05, 4.69) is 0 Å². The first-order valence-electron chi connectivity index (χ1n) is 5.97. The summed E-state index contributed by atoms with van der Waals surface area (Å²) < 4.78 is 0. The lowest BCUT2D eigenvalue weighted by atomic mass is 10.0. The van der Waals surface area contributed by atoms with Gasteiger partial charge in [-0.1, -0.05) is 18.2 Å². The van der Waals surface area contributed by atoms with Crippen LogP contribution < -0.4 is 4.90 Å². The second kappa shape index (κ2) is 5.08. The topological polar surface area (TPSA) is 60.9 Å². The highest BCUT2D eigenvalue weighted by atomic mass is 16.4. The molecule has 1 fully saturated rings. The van der Waals surface area contributed by atoms with E-state index in [-0.39, 0.29) is 6.03 Å². The number of carboxylic acids is 1. The van der Waals surface area contributed by atoms with E-state index in [1.54, 1.807) is 9.80 Å². The molecule has 0 unspecified atom stereocenters. The third-order valence-electron chi connectivity index (χ3n) is 3.12. The molecule has 0 atom stereocenters. The molecule has 0 aliphatic carbocycles. The number of carboxylic acid groups (broad SMARTS) is 1. The first-order chi connectivity index (χ1) is 8.63. The number of hydrogen-bond acceptors (Lipinski definition) is 2. The van der Waals surface area contributed by atoms with Crippen LogP contribution >= 0.6 is 0 Å². The van der Waals surface area contributed by atoms with E-state index < -0.39 is 11.9 Å². The predicted molar refractivity (Wildman–Crippen MR) is 67.6 cm³/mol. The molecule has 1 heterocycles. The van der Waals surface area contributed by atoms with Gasteiger partial charge < -0.3 is 10.0 Å². The van der Waals surface area contributed by atoms with E-state index >= 15 is 0 Å². The molecule has 0 saturated carbocycles. The van der Waals surface area contributed by atoms with E-state index in [0.717, 1.165) is 5.69 Å². The molecule has 1 aromatic rings. The SMILES string of the molecule is CCN(C(=O)N1CC(C(=O)O)C1)c1ccccc1. The van der Waals surface area contributed by atoms with Gasteiger partial charge in [0, 0.05) is 25.3 Å². The molecule has 0 radical (unpaired) electrons. The zero-order valence-corrected chi connectivity index (χ0v) is 10.2. The van der Waals surface area contributed by atoms with Crippen molar-refractivity contribution in [3.8, 4) is 0 Å². The van der Waals surface area contributed by atoms with Crippen molar-refractivity contribution in [2.24, 2.45) is 5.92 Å². The standard InChI is InChI=1S/C13H16N2O3/c1-2-15(11-6-4-3-5-7-11)13(18)14-8-10(9-14)12(16)17/h3-7,10H,2,8-9H2,1H3,(H,16,17). The number of rotatable bonds is 3. The summed E-state index contributed by atoms with van der Waals surface area (Å²) in [6.45, 7) is 3.07. The molecule has 0 aromatic heterocycles. The molecular weight excluding hydrogens is 232 g/mol. The Hall–Kier alpha value is -2.04. The molecule has 18 heavy (non-hydrogen) atoms. The maximum absolute atomic E-state index is 12.2. The second-order valence-corrected chi connectivity index (χ2v) is 4.30. The number of para-hydroxylation sites is 1. The minimum Gasteiger partial charge on any atom is -0.481 e. The summed E-state index contributed by atoms with van der Waals surface area (Å²) in [5.41, 5.74) is 0.837. The Kier molecular flexibility index (Phi) is 3.50. The minimum atomic E-state index is -0.832. The maximum Gasteiger partial charge on any atom is 0.324 e. The van der Waals surface area contributed by atoms with Gasteiger partial charge in [0.25, 0.3) is 0 Å². The van der Waals surface area contributed by atoms with Gasteiger partial charge >= 0.3 is 12.0 Å². The summed E-state index contributed by atoms with van der Waals surface area (Å²) in [5, 5.41) is 8.79. The van der Waals surface area contributed by atoms with E-state index in [4.69, 9.17) is 5.11 Å². The average molecular weight is 248 g/mol. The number of carbonyl (C=O) groups is 2. The number of amides is 2. The molecule has 1 aliphatic rings. The van der Waals surface area contributed by atoms with Crippen LogP contribution in [0.4, 0.5) is 10.5 Å². The Labute approximate surface area is 106 Å². The van der Waals surface area contributed by atoms with Crippen LogP contribution in [0.5, 0.6) is 0 Å². The van der Waals surface area contributed by atoms with Gasteiger partial charge in [-0.15, -0.1) is 0 Å². The third kappa shape index (κ3) is 2.30. The Morgan fingerprint density at radius 2 is 1.94 bits per heavy atom. The highest BCUT2D eigenvalue weighted by Crippen LogP contribution is 2.21. The van der Waals surface area contributed by atoms with Crippen LogP contribution in [0.3, 0.4) is 0 Å². The first-order valence-corrected chi connectivity index (χ1v) is 5.97. The number of aliphatic carboxylic acids is 1. The van der Waals surface area contributed by atoms with Crippen LogP contribution in [0.15, 0.2) is 30.3 Å². The first kappa shape index (κ1) is 12.4. The summed E-state index contributed by atoms with van der Waals surface area (Å²) >= 11 is 0.